The second-order valence-electron chi connectivity index (χ2n) is 11.7. The number of nitrogens with zero attached hydrogens (tertiary/aromatic N) is 2. The molecule has 1 aliphatic carbocycles. The largest absolute Gasteiger partial charge is 0.313 e. The van der Waals surface area contributed by atoms with Gasteiger partial charge >= 0.3 is 0 Å². The molecule has 0 amide bonds. The highest BCUT2D eigenvalue weighted by Gasteiger charge is 2.24. The minimum absolute atomic E-state index is 0.254. The third-order valence-corrected chi connectivity index (χ3v) is 9.00. The topological polar surface area (TPSA) is 28.7 Å². The van der Waals surface area contributed by atoms with Crippen LogP contribution in [-0.4, -0.2) is 4.57 Å². The van der Waals surface area contributed by atoms with Crippen LogP contribution in [0.5, 0.6) is 0 Å². The van der Waals surface area contributed by atoms with Crippen LogP contribution in [0.15, 0.2) is 158 Å². The third kappa shape index (κ3) is 4.95. The first-order chi connectivity index (χ1) is 22.2. The van der Waals surface area contributed by atoms with Crippen molar-refractivity contribution < 1.29 is 0 Å². The first-order valence-electron chi connectivity index (χ1n) is 15.4. The van der Waals surface area contributed by atoms with E-state index in [9.17, 15) is 5.26 Å². The van der Waals surface area contributed by atoms with Gasteiger partial charge in [-0.1, -0.05) is 121 Å². The summed E-state index contributed by atoms with van der Waals surface area (Å²) < 4.78 is 2.40. The first-order valence-corrected chi connectivity index (χ1v) is 15.4. The van der Waals surface area contributed by atoms with Gasteiger partial charge in [0.15, 0.2) is 0 Å². The summed E-state index contributed by atoms with van der Waals surface area (Å²) in [5.74, 6) is 0.254. The SMILES string of the molecule is N#Cc1ccc(-n2c3c(c4cc(-c5cccc(-c6ccccc6)c5)ccc42)C=CC(c2cccc(-c4ccccc4)c2)C3)cc1. The standard InChI is InChI=1S/C43H30N2/c44-29-30-17-21-39(22-18-30)45-42-24-20-37(35-15-7-13-33(25-35)31-9-3-1-4-10-31)27-41(42)40-23-19-38(28-43(40)45)36-16-8-14-34(26-36)32-11-5-2-6-12-32/h1-27,38H,28H2. The highest BCUT2D eigenvalue weighted by Crippen LogP contribution is 2.40. The summed E-state index contributed by atoms with van der Waals surface area (Å²) in [6, 6.07) is 56.0. The number of hydrogen-bond acceptors (Lipinski definition) is 1. The van der Waals surface area contributed by atoms with Crippen LogP contribution in [0.3, 0.4) is 0 Å². The lowest BCUT2D eigenvalue weighted by molar-refractivity contribution is 0.783. The fourth-order valence-electron chi connectivity index (χ4n) is 6.72. The molecule has 1 atom stereocenters. The number of rotatable bonds is 5. The van der Waals surface area contributed by atoms with Crippen LogP contribution in [0.2, 0.25) is 0 Å². The van der Waals surface area contributed by atoms with Crippen molar-refractivity contribution in [2.75, 3.05) is 0 Å². The Bertz CT molecular complexity index is 2230. The van der Waals surface area contributed by atoms with Crippen molar-refractivity contribution in [3.63, 3.8) is 0 Å². The fourth-order valence-corrected chi connectivity index (χ4v) is 6.72. The minimum Gasteiger partial charge on any atom is -0.313 e. The molecule has 1 aliphatic rings. The first kappa shape index (κ1) is 26.7. The summed E-state index contributed by atoms with van der Waals surface area (Å²) in [4.78, 5) is 0. The molecule has 7 aromatic rings. The van der Waals surface area contributed by atoms with Gasteiger partial charge in [-0.05, 0) is 87.8 Å². The van der Waals surface area contributed by atoms with Gasteiger partial charge in [-0.3, -0.25) is 0 Å². The van der Waals surface area contributed by atoms with E-state index in [1.54, 1.807) is 0 Å². The number of nitriles is 1. The van der Waals surface area contributed by atoms with Gasteiger partial charge in [-0.2, -0.15) is 5.26 Å². The summed E-state index contributed by atoms with van der Waals surface area (Å²) in [5.41, 5.74) is 14.1. The Morgan fingerprint density at radius 2 is 1.16 bits per heavy atom. The van der Waals surface area contributed by atoms with Gasteiger partial charge in [-0.25, -0.2) is 0 Å². The molecule has 2 heteroatoms. The zero-order valence-corrected chi connectivity index (χ0v) is 24.8. The van der Waals surface area contributed by atoms with E-state index in [0.717, 1.165) is 12.1 Å². The van der Waals surface area contributed by atoms with Gasteiger partial charge in [0.05, 0.1) is 17.1 Å². The van der Waals surface area contributed by atoms with E-state index < -0.39 is 0 Å². The van der Waals surface area contributed by atoms with Gasteiger partial charge in [-0.15, -0.1) is 0 Å². The van der Waals surface area contributed by atoms with Crippen molar-refractivity contribution in [3.05, 3.63) is 180 Å². The average molecular weight is 575 g/mol. The number of fused-ring (bicyclic) bond motifs is 3. The molecule has 0 saturated heterocycles. The van der Waals surface area contributed by atoms with Gasteiger partial charge in [0.2, 0.25) is 0 Å². The Hall–Kier alpha value is -5.91. The van der Waals surface area contributed by atoms with Crippen LogP contribution in [0, 0.1) is 11.3 Å². The molecule has 0 fully saturated rings. The Morgan fingerprint density at radius 1 is 0.556 bits per heavy atom. The smallest absolute Gasteiger partial charge is 0.0991 e. The molecule has 45 heavy (non-hydrogen) atoms. The molecule has 0 radical (unpaired) electrons. The van der Waals surface area contributed by atoms with Crippen LogP contribution >= 0.6 is 0 Å². The quantitative estimate of drug-likeness (QED) is 0.201. The molecule has 6 aromatic carbocycles. The van der Waals surface area contributed by atoms with E-state index in [0.29, 0.717) is 5.56 Å². The fraction of sp³-hybridized carbons (Fsp3) is 0.0465. The lowest BCUT2D eigenvalue weighted by atomic mass is 9.86. The molecule has 1 unspecified atom stereocenters. The molecule has 1 aromatic heterocycles. The Kier molecular flexibility index (Phi) is 6.71. The van der Waals surface area contributed by atoms with E-state index in [2.05, 4.69) is 162 Å². The predicted octanol–water partition coefficient (Wildman–Crippen LogP) is 10.9. The van der Waals surface area contributed by atoms with Crippen molar-refractivity contribution in [1.29, 1.82) is 5.26 Å². The minimum atomic E-state index is 0.254. The molecular formula is C43H30N2. The van der Waals surface area contributed by atoms with Gasteiger partial charge in [0.1, 0.15) is 0 Å². The Labute approximate surface area is 263 Å². The Balaban J connectivity index is 1.24. The number of allylic oxidation sites excluding steroid dienone is 1. The van der Waals surface area contributed by atoms with Gasteiger partial charge in [0.25, 0.3) is 0 Å². The predicted molar refractivity (Wildman–Crippen MR) is 186 cm³/mol. The van der Waals surface area contributed by atoms with Gasteiger partial charge in [0, 0.05) is 28.2 Å². The molecule has 0 saturated carbocycles. The van der Waals surface area contributed by atoms with Crippen molar-refractivity contribution in [3.8, 4) is 45.1 Å². The monoisotopic (exact) mass is 574 g/mol. The van der Waals surface area contributed by atoms with Crippen LogP contribution in [0.4, 0.5) is 0 Å². The molecule has 0 spiro atoms. The molecule has 0 N–H and O–H groups in total. The molecule has 2 nitrogen and oxygen atoms in total. The van der Waals surface area contributed by atoms with E-state index >= 15 is 0 Å². The summed E-state index contributed by atoms with van der Waals surface area (Å²) in [6.45, 7) is 0. The Morgan fingerprint density at radius 3 is 1.84 bits per heavy atom. The summed E-state index contributed by atoms with van der Waals surface area (Å²) in [5, 5.41) is 10.7. The average Bonchev–Trinajstić information content (AvgIpc) is 3.45. The lowest BCUT2D eigenvalue weighted by Crippen LogP contribution is -2.10. The second kappa shape index (κ2) is 11.3. The van der Waals surface area contributed by atoms with E-state index in [4.69, 9.17) is 0 Å². The third-order valence-electron chi connectivity index (χ3n) is 9.00. The summed E-state index contributed by atoms with van der Waals surface area (Å²) >= 11 is 0. The van der Waals surface area contributed by atoms with Crippen LogP contribution < -0.4 is 0 Å². The van der Waals surface area contributed by atoms with E-state index in [-0.39, 0.29) is 5.92 Å². The van der Waals surface area contributed by atoms with Crippen LogP contribution in [-0.2, 0) is 6.42 Å². The second-order valence-corrected chi connectivity index (χ2v) is 11.7. The maximum Gasteiger partial charge on any atom is 0.0991 e. The van der Waals surface area contributed by atoms with E-state index in [1.165, 1.54) is 61.1 Å². The van der Waals surface area contributed by atoms with E-state index in [1.807, 2.05) is 12.1 Å². The molecule has 8 rings (SSSR count). The zero-order valence-electron chi connectivity index (χ0n) is 24.8. The van der Waals surface area contributed by atoms with Crippen LogP contribution in [0.1, 0.15) is 28.3 Å². The van der Waals surface area contributed by atoms with Crippen molar-refractivity contribution in [1.82, 2.24) is 4.57 Å². The summed E-state index contributed by atoms with van der Waals surface area (Å²) in [7, 11) is 0. The molecule has 1 heterocycles. The van der Waals surface area contributed by atoms with Crippen molar-refractivity contribution >= 4 is 17.0 Å². The molecule has 0 aliphatic heterocycles. The van der Waals surface area contributed by atoms with Crippen molar-refractivity contribution in [2.24, 2.45) is 0 Å². The zero-order chi connectivity index (χ0) is 30.2. The maximum atomic E-state index is 9.45. The molecule has 212 valence electrons. The number of benzene rings is 6. The maximum absolute atomic E-state index is 9.45. The van der Waals surface area contributed by atoms with Crippen LogP contribution in [0.25, 0.3) is 56.0 Å². The summed E-state index contributed by atoms with van der Waals surface area (Å²) in [6.07, 6.45) is 5.58. The normalized spacial score (nSPS) is 13.8. The lowest BCUT2D eigenvalue weighted by Gasteiger charge is -2.21. The number of aromatic nitrogens is 1. The highest BCUT2D eigenvalue weighted by molar-refractivity contribution is 5.96. The number of hydrogen-bond donors (Lipinski definition) is 0. The highest BCUT2D eigenvalue weighted by atomic mass is 15.0. The molecular weight excluding hydrogens is 544 g/mol. The molecule has 0 bridgehead atoms. The van der Waals surface area contributed by atoms with Crippen molar-refractivity contribution in [2.45, 2.75) is 12.3 Å². The van der Waals surface area contributed by atoms with Gasteiger partial charge < -0.3 is 4.57 Å².